The van der Waals surface area contributed by atoms with Crippen LogP contribution in [0.15, 0.2) is 23.1 Å². The first kappa shape index (κ1) is 11.4. The minimum absolute atomic E-state index is 0.0236. The molecule has 1 saturated carbocycles. The van der Waals surface area contributed by atoms with Crippen LogP contribution in [0.1, 0.15) is 44.2 Å². The first-order valence-corrected chi connectivity index (χ1v) is 6.03. The maximum Gasteiger partial charge on any atom is 0.256 e. The van der Waals surface area contributed by atoms with Crippen LogP contribution in [-0.4, -0.2) is 9.67 Å². The second kappa shape index (κ2) is 4.83. The predicted molar refractivity (Wildman–Crippen MR) is 63.3 cm³/mol. The molecule has 1 fully saturated rings. The van der Waals surface area contributed by atoms with Crippen LogP contribution in [0.25, 0.3) is 0 Å². The lowest BCUT2D eigenvalue weighted by Crippen LogP contribution is -2.29. The monoisotopic (exact) mass is 221 g/mol. The van der Waals surface area contributed by atoms with Gasteiger partial charge in [0.15, 0.2) is 0 Å². The Kier molecular flexibility index (Phi) is 3.44. The highest BCUT2D eigenvalue weighted by atomic mass is 16.3. The van der Waals surface area contributed by atoms with Crippen LogP contribution in [0, 0.1) is 5.92 Å². The summed E-state index contributed by atoms with van der Waals surface area (Å²) in [5.74, 6) is 0.785. The topological polar surface area (TPSA) is 42.2 Å². The fourth-order valence-corrected chi connectivity index (χ4v) is 2.49. The van der Waals surface area contributed by atoms with Crippen molar-refractivity contribution in [1.29, 1.82) is 0 Å². The van der Waals surface area contributed by atoms with Crippen molar-refractivity contribution in [2.24, 2.45) is 5.92 Å². The molecule has 0 aliphatic heterocycles. The Labute approximate surface area is 95.7 Å². The van der Waals surface area contributed by atoms with Gasteiger partial charge in [-0.3, -0.25) is 4.79 Å². The SMILES string of the molecule is CC1CCC(n2cccc(CO)c2=O)CC1. The van der Waals surface area contributed by atoms with Crippen LogP contribution in [-0.2, 0) is 6.61 Å². The average Bonchev–Trinajstić information content (AvgIpc) is 2.31. The van der Waals surface area contributed by atoms with Gasteiger partial charge in [0.05, 0.1) is 6.61 Å². The van der Waals surface area contributed by atoms with Crippen LogP contribution < -0.4 is 5.56 Å². The standard InChI is InChI=1S/C13H19NO2/c1-10-4-6-12(7-5-10)14-8-2-3-11(9-15)13(14)16/h2-3,8,10,12,15H,4-7,9H2,1H3. The van der Waals surface area contributed by atoms with Gasteiger partial charge in [-0.15, -0.1) is 0 Å². The molecule has 1 aliphatic rings. The lowest BCUT2D eigenvalue weighted by atomic mass is 9.87. The number of hydrogen-bond acceptors (Lipinski definition) is 2. The van der Waals surface area contributed by atoms with Crippen molar-refractivity contribution in [1.82, 2.24) is 4.57 Å². The van der Waals surface area contributed by atoms with Gasteiger partial charge in [0, 0.05) is 17.8 Å². The summed E-state index contributed by atoms with van der Waals surface area (Å²) in [5.41, 5.74) is 0.477. The zero-order valence-corrected chi connectivity index (χ0v) is 9.72. The third kappa shape index (κ3) is 2.19. The van der Waals surface area contributed by atoms with Gasteiger partial charge in [0.1, 0.15) is 0 Å². The van der Waals surface area contributed by atoms with Crippen molar-refractivity contribution in [2.75, 3.05) is 0 Å². The zero-order valence-electron chi connectivity index (χ0n) is 9.72. The molecule has 1 N–H and O–H groups in total. The van der Waals surface area contributed by atoms with Crippen LogP contribution in [0.3, 0.4) is 0 Å². The number of rotatable bonds is 2. The summed E-state index contributed by atoms with van der Waals surface area (Å²) in [6, 6.07) is 3.88. The van der Waals surface area contributed by atoms with Gasteiger partial charge in [-0.05, 0) is 43.7 Å². The first-order valence-electron chi connectivity index (χ1n) is 6.03. The number of pyridine rings is 1. The van der Waals surface area contributed by atoms with Crippen LogP contribution >= 0.6 is 0 Å². The van der Waals surface area contributed by atoms with Crippen molar-refractivity contribution < 1.29 is 5.11 Å². The molecule has 3 heteroatoms. The molecule has 0 bridgehead atoms. The molecule has 0 saturated heterocycles. The van der Waals surface area contributed by atoms with Crippen molar-refractivity contribution in [2.45, 2.75) is 45.3 Å². The quantitative estimate of drug-likeness (QED) is 0.831. The minimum Gasteiger partial charge on any atom is -0.391 e. The zero-order chi connectivity index (χ0) is 11.5. The van der Waals surface area contributed by atoms with Crippen LogP contribution in [0.4, 0.5) is 0 Å². The highest BCUT2D eigenvalue weighted by Gasteiger charge is 2.20. The van der Waals surface area contributed by atoms with Crippen molar-refractivity contribution in [3.05, 3.63) is 34.2 Å². The fraction of sp³-hybridized carbons (Fsp3) is 0.615. The van der Waals surface area contributed by atoms with E-state index in [1.165, 1.54) is 12.8 Å². The number of aromatic nitrogens is 1. The Hall–Kier alpha value is -1.09. The average molecular weight is 221 g/mol. The summed E-state index contributed by atoms with van der Waals surface area (Å²) in [6.45, 7) is 2.10. The van der Waals surface area contributed by atoms with Crippen molar-refractivity contribution >= 4 is 0 Å². The Morgan fingerprint density at radius 3 is 2.69 bits per heavy atom. The van der Waals surface area contributed by atoms with E-state index in [0.717, 1.165) is 18.8 Å². The molecule has 0 spiro atoms. The van der Waals surface area contributed by atoms with E-state index >= 15 is 0 Å². The van der Waals surface area contributed by atoms with Gasteiger partial charge in [-0.1, -0.05) is 6.92 Å². The molecule has 0 atom stereocenters. The molecule has 1 aromatic rings. The van der Waals surface area contributed by atoms with Crippen LogP contribution in [0.2, 0.25) is 0 Å². The lowest BCUT2D eigenvalue weighted by Gasteiger charge is -2.27. The number of aliphatic hydroxyl groups is 1. The van der Waals surface area contributed by atoms with Gasteiger partial charge in [0.25, 0.3) is 5.56 Å². The Bertz CT molecular complexity index is 403. The molecular formula is C13H19NO2. The van der Waals surface area contributed by atoms with Gasteiger partial charge < -0.3 is 9.67 Å². The molecule has 16 heavy (non-hydrogen) atoms. The molecule has 0 radical (unpaired) electrons. The molecule has 2 rings (SSSR count). The normalized spacial score (nSPS) is 25.6. The largest absolute Gasteiger partial charge is 0.391 e. The van der Waals surface area contributed by atoms with Gasteiger partial charge in [0.2, 0.25) is 0 Å². The molecule has 88 valence electrons. The highest BCUT2D eigenvalue weighted by Crippen LogP contribution is 2.30. The predicted octanol–water partition coefficient (Wildman–Crippen LogP) is 2.09. The van der Waals surface area contributed by atoms with E-state index in [9.17, 15) is 4.79 Å². The summed E-state index contributed by atoms with van der Waals surface area (Å²) in [5, 5.41) is 9.07. The van der Waals surface area contributed by atoms with E-state index in [1.807, 2.05) is 12.3 Å². The third-order valence-electron chi connectivity index (χ3n) is 3.60. The first-order chi connectivity index (χ1) is 7.72. The number of nitrogens with zero attached hydrogens (tertiary/aromatic N) is 1. The van der Waals surface area contributed by atoms with Crippen molar-refractivity contribution in [3.63, 3.8) is 0 Å². The van der Waals surface area contributed by atoms with Crippen LogP contribution in [0.5, 0.6) is 0 Å². The number of hydrogen-bond donors (Lipinski definition) is 1. The molecule has 1 heterocycles. The van der Waals surface area contributed by atoms with Gasteiger partial charge >= 0.3 is 0 Å². The molecular weight excluding hydrogens is 202 g/mol. The summed E-state index contributed by atoms with van der Waals surface area (Å²) >= 11 is 0. The van der Waals surface area contributed by atoms with Gasteiger partial charge in [-0.2, -0.15) is 0 Å². The number of aliphatic hydroxyl groups excluding tert-OH is 1. The second-order valence-corrected chi connectivity index (χ2v) is 4.82. The summed E-state index contributed by atoms with van der Waals surface area (Å²) < 4.78 is 1.80. The highest BCUT2D eigenvalue weighted by molar-refractivity contribution is 5.09. The van der Waals surface area contributed by atoms with E-state index in [-0.39, 0.29) is 12.2 Å². The molecule has 3 nitrogen and oxygen atoms in total. The van der Waals surface area contributed by atoms with E-state index in [0.29, 0.717) is 11.6 Å². The smallest absolute Gasteiger partial charge is 0.256 e. The van der Waals surface area contributed by atoms with E-state index in [1.54, 1.807) is 10.6 Å². The summed E-state index contributed by atoms with van der Waals surface area (Å²) in [6.07, 6.45) is 6.40. The minimum atomic E-state index is -0.164. The molecule has 1 aromatic heterocycles. The van der Waals surface area contributed by atoms with E-state index in [4.69, 9.17) is 5.11 Å². The lowest BCUT2D eigenvalue weighted by molar-refractivity contribution is 0.268. The van der Waals surface area contributed by atoms with E-state index in [2.05, 4.69) is 6.92 Å². The maximum absolute atomic E-state index is 12.0. The Balaban J connectivity index is 2.24. The molecule has 1 aliphatic carbocycles. The molecule has 0 amide bonds. The summed E-state index contributed by atoms with van der Waals surface area (Å²) in [4.78, 5) is 12.0. The van der Waals surface area contributed by atoms with Gasteiger partial charge in [-0.25, -0.2) is 0 Å². The molecule has 0 aromatic carbocycles. The maximum atomic E-state index is 12.0. The van der Waals surface area contributed by atoms with E-state index < -0.39 is 0 Å². The summed E-state index contributed by atoms with van der Waals surface area (Å²) in [7, 11) is 0. The second-order valence-electron chi connectivity index (χ2n) is 4.82. The Morgan fingerprint density at radius 1 is 1.38 bits per heavy atom. The third-order valence-corrected chi connectivity index (χ3v) is 3.60. The molecule has 0 unspecified atom stereocenters. The Morgan fingerprint density at radius 2 is 2.06 bits per heavy atom. The van der Waals surface area contributed by atoms with Crippen molar-refractivity contribution in [3.8, 4) is 0 Å². The fourth-order valence-electron chi connectivity index (χ4n) is 2.49.